The van der Waals surface area contributed by atoms with Crippen molar-refractivity contribution in [1.29, 1.82) is 0 Å². The van der Waals surface area contributed by atoms with Gasteiger partial charge in [-0.3, -0.25) is 4.79 Å². The fourth-order valence-corrected chi connectivity index (χ4v) is 2.78. The summed E-state index contributed by atoms with van der Waals surface area (Å²) in [6.07, 6.45) is -2.42. The summed E-state index contributed by atoms with van der Waals surface area (Å²) < 4.78 is 5.03. The summed E-state index contributed by atoms with van der Waals surface area (Å²) in [5.74, 6) is -3.37. The summed E-state index contributed by atoms with van der Waals surface area (Å²) in [4.78, 5) is 47.1. The summed E-state index contributed by atoms with van der Waals surface area (Å²) in [6, 6.07) is 11.5. The molecule has 0 aromatic heterocycles. The van der Waals surface area contributed by atoms with Gasteiger partial charge in [-0.25, -0.2) is 14.4 Å². The summed E-state index contributed by atoms with van der Waals surface area (Å²) in [5.41, 5.74) is 1.24. The molecule has 5 N–H and O–H groups in total. The van der Waals surface area contributed by atoms with Gasteiger partial charge in [-0.05, 0) is 30.2 Å². The van der Waals surface area contributed by atoms with Crippen molar-refractivity contribution in [2.75, 3.05) is 0 Å². The molecule has 10 nitrogen and oxygen atoms in total. The fraction of sp³-hybridized carbons (Fsp3) is 0.273. The summed E-state index contributed by atoms with van der Waals surface area (Å²) in [6.45, 7) is 1.22. The number of aromatic carboxylic acids is 1. The maximum atomic E-state index is 12.6. The van der Waals surface area contributed by atoms with Crippen LogP contribution in [0.2, 0.25) is 0 Å². The predicted octanol–water partition coefficient (Wildman–Crippen LogP) is 1.17. The molecule has 0 fully saturated rings. The molecule has 0 heterocycles. The molecular formula is C22H24N2O8. The van der Waals surface area contributed by atoms with Gasteiger partial charge >= 0.3 is 18.0 Å². The van der Waals surface area contributed by atoms with Crippen LogP contribution in [0.3, 0.4) is 0 Å². The Hall–Kier alpha value is -3.92. The van der Waals surface area contributed by atoms with Gasteiger partial charge in [0.15, 0.2) is 0 Å². The number of carboxylic acid groups (broad SMARTS) is 2. The average Bonchev–Trinajstić information content (AvgIpc) is 2.76. The Morgan fingerprint density at radius 1 is 0.906 bits per heavy atom. The van der Waals surface area contributed by atoms with Crippen molar-refractivity contribution in [3.63, 3.8) is 0 Å². The van der Waals surface area contributed by atoms with Gasteiger partial charge in [-0.2, -0.15) is 0 Å². The number of nitrogens with one attached hydrogen (secondary N) is 2. The number of benzene rings is 2. The maximum Gasteiger partial charge on any atom is 0.408 e. The van der Waals surface area contributed by atoms with Gasteiger partial charge < -0.3 is 30.7 Å². The predicted molar refractivity (Wildman–Crippen MR) is 112 cm³/mol. The first-order valence-electron chi connectivity index (χ1n) is 9.68. The van der Waals surface area contributed by atoms with Crippen molar-refractivity contribution >= 4 is 23.9 Å². The van der Waals surface area contributed by atoms with Crippen molar-refractivity contribution in [3.8, 4) is 0 Å². The Morgan fingerprint density at radius 3 is 2.06 bits per heavy atom. The van der Waals surface area contributed by atoms with Crippen LogP contribution in [-0.4, -0.2) is 57.4 Å². The van der Waals surface area contributed by atoms with Gasteiger partial charge in [-0.1, -0.05) is 42.5 Å². The highest BCUT2D eigenvalue weighted by Crippen LogP contribution is 2.08. The monoisotopic (exact) mass is 444 g/mol. The van der Waals surface area contributed by atoms with E-state index in [1.165, 1.54) is 31.2 Å². The first-order chi connectivity index (χ1) is 15.2. The lowest BCUT2D eigenvalue weighted by Crippen LogP contribution is -2.56. The van der Waals surface area contributed by atoms with Gasteiger partial charge in [0.1, 0.15) is 18.7 Å². The molecular weight excluding hydrogens is 420 g/mol. The fourth-order valence-electron chi connectivity index (χ4n) is 2.78. The maximum absolute atomic E-state index is 12.6. The average molecular weight is 444 g/mol. The highest BCUT2D eigenvalue weighted by atomic mass is 16.5. The van der Waals surface area contributed by atoms with Crippen LogP contribution in [0.4, 0.5) is 4.79 Å². The molecule has 3 atom stereocenters. The van der Waals surface area contributed by atoms with E-state index >= 15 is 0 Å². The second-order valence-electron chi connectivity index (χ2n) is 7.03. The molecule has 0 saturated carbocycles. The zero-order chi connectivity index (χ0) is 23.7. The molecule has 10 heteroatoms. The molecule has 0 unspecified atom stereocenters. The highest BCUT2D eigenvalue weighted by Gasteiger charge is 2.30. The van der Waals surface area contributed by atoms with E-state index in [0.29, 0.717) is 5.56 Å². The molecule has 0 radical (unpaired) electrons. The van der Waals surface area contributed by atoms with E-state index in [1.54, 1.807) is 30.3 Å². The minimum atomic E-state index is -1.45. The lowest BCUT2D eigenvalue weighted by Gasteiger charge is -2.23. The lowest BCUT2D eigenvalue weighted by atomic mass is 10.0. The number of aliphatic hydroxyl groups is 1. The number of aliphatic hydroxyl groups excluding tert-OH is 1. The van der Waals surface area contributed by atoms with E-state index in [-0.39, 0.29) is 18.6 Å². The van der Waals surface area contributed by atoms with Crippen LogP contribution in [0.1, 0.15) is 28.4 Å². The normalized spacial score (nSPS) is 13.3. The van der Waals surface area contributed by atoms with E-state index in [0.717, 1.165) is 5.56 Å². The first-order valence-corrected chi connectivity index (χ1v) is 9.68. The summed E-state index contributed by atoms with van der Waals surface area (Å²) in [7, 11) is 0. The zero-order valence-corrected chi connectivity index (χ0v) is 17.2. The Balaban J connectivity index is 1.99. The van der Waals surface area contributed by atoms with Crippen LogP contribution in [-0.2, 0) is 27.4 Å². The molecule has 170 valence electrons. The van der Waals surface area contributed by atoms with Crippen LogP contribution < -0.4 is 10.6 Å². The van der Waals surface area contributed by atoms with Crippen molar-refractivity contribution in [2.45, 2.75) is 38.1 Å². The largest absolute Gasteiger partial charge is 0.480 e. The number of aliphatic carboxylic acids is 1. The van der Waals surface area contributed by atoms with E-state index in [2.05, 4.69) is 10.6 Å². The Bertz CT molecular complexity index is 944. The Labute approximate surface area is 183 Å². The minimum absolute atomic E-state index is 0.0389. The van der Waals surface area contributed by atoms with Crippen molar-refractivity contribution in [1.82, 2.24) is 10.6 Å². The molecule has 0 bridgehead atoms. The highest BCUT2D eigenvalue weighted by molar-refractivity contribution is 5.90. The number of carboxylic acids is 2. The first kappa shape index (κ1) is 24.4. The molecule has 0 saturated heterocycles. The third kappa shape index (κ3) is 7.40. The van der Waals surface area contributed by atoms with Crippen molar-refractivity contribution in [2.24, 2.45) is 0 Å². The number of carbonyl (C=O) groups is 4. The molecule has 2 rings (SSSR count). The summed E-state index contributed by atoms with van der Waals surface area (Å²) in [5, 5.41) is 32.8. The third-order valence-corrected chi connectivity index (χ3v) is 4.51. The van der Waals surface area contributed by atoms with E-state index in [9.17, 15) is 29.4 Å². The van der Waals surface area contributed by atoms with Crippen LogP contribution >= 0.6 is 0 Å². The second-order valence-corrected chi connectivity index (χ2v) is 7.03. The van der Waals surface area contributed by atoms with Gasteiger partial charge in [0.25, 0.3) is 0 Å². The standard InChI is InChI=1S/C22H24N2O8/c1-13(25)18(24-22(31)32-12-15-5-3-2-4-6-15)19(26)23-17(21(29)30)11-14-7-9-16(10-8-14)20(27)28/h2-10,13,17-18,25H,11-12H2,1H3,(H,23,26)(H,24,31)(H,27,28)(H,29,30)/t13-,17-,18+/m1/s1. The van der Waals surface area contributed by atoms with Gasteiger partial charge in [0, 0.05) is 6.42 Å². The van der Waals surface area contributed by atoms with Crippen molar-refractivity contribution in [3.05, 3.63) is 71.3 Å². The molecule has 0 spiro atoms. The molecule has 2 aromatic carbocycles. The topological polar surface area (TPSA) is 162 Å². The number of amides is 2. The molecule has 2 amide bonds. The van der Waals surface area contributed by atoms with Gasteiger partial charge in [-0.15, -0.1) is 0 Å². The third-order valence-electron chi connectivity index (χ3n) is 4.51. The number of rotatable bonds is 10. The number of hydrogen-bond donors (Lipinski definition) is 5. The van der Waals surface area contributed by atoms with E-state index < -0.39 is 42.1 Å². The summed E-state index contributed by atoms with van der Waals surface area (Å²) >= 11 is 0. The van der Waals surface area contributed by atoms with Crippen LogP contribution in [0.25, 0.3) is 0 Å². The van der Waals surface area contributed by atoms with Gasteiger partial charge in [0.2, 0.25) is 5.91 Å². The molecule has 0 aliphatic carbocycles. The SMILES string of the molecule is C[C@@H](O)[C@H](NC(=O)OCc1ccccc1)C(=O)N[C@H](Cc1ccc(C(=O)O)cc1)C(=O)O. The zero-order valence-electron chi connectivity index (χ0n) is 17.2. The van der Waals surface area contributed by atoms with E-state index in [4.69, 9.17) is 9.84 Å². The Morgan fingerprint density at radius 2 is 1.53 bits per heavy atom. The number of hydrogen-bond acceptors (Lipinski definition) is 6. The number of ether oxygens (including phenoxy) is 1. The minimum Gasteiger partial charge on any atom is -0.480 e. The van der Waals surface area contributed by atoms with Crippen molar-refractivity contribution < 1.29 is 39.2 Å². The lowest BCUT2D eigenvalue weighted by molar-refractivity contribution is -0.142. The smallest absolute Gasteiger partial charge is 0.408 e. The number of carbonyl (C=O) groups excluding carboxylic acids is 2. The Kier molecular flexibility index (Phi) is 8.72. The second kappa shape index (κ2) is 11.5. The van der Waals surface area contributed by atoms with Gasteiger partial charge in [0.05, 0.1) is 11.7 Å². The quantitative estimate of drug-likeness (QED) is 0.365. The van der Waals surface area contributed by atoms with Crippen LogP contribution in [0.5, 0.6) is 0 Å². The molecule has 32 heavy (non-hydrogen) atoms. The molecule has 0 aliphatic rings. The van der Waals surface area contributed by atoms with E-state index in [1.807, 2.05) is 0 Å². The molecule has 2 aromatic rings. The van der Waals surface area contributed by atoms with Crippen LogP contribution in [0.15, 0.2) is 54.6 Å². The molecule has 0 aliphatic heterocycles. The number of alkyl carbamates (subject to hydrolysis) is 1. The van der Waals surface area contributed by atoms with Crippen LogP contribution in [0, 0.1) is 0 Å².